The summed E-state index contributed by atoms with van der Waals surface area (Å²) in [6.45, 7) is 16.6. The fraction of sp³-hybridized carbons (Fsp3) is 0.742. The monoisotopic (exact) mass is 584 g/mol. The highest BCUT2D eigenvalue weighted by molar-refractivity contribution is 8.24. The number of nitrogens with zero attached hydrogens (tertiary/aromatic N) is 1. The van der Waals surface area contributed by atoms with Crippen LogP contribution < -0.4 is 15.0 Å². The number of benzene rings is 1. The minimum atomic E-state index is -3.22. The van der Waals surface area contributed by atoms with Crippen LogP contribution in [0, 0.1) is 5.41 Å². The van der Waals surface area contributed by atoms with Crippen molar-refractivity contribution in [3.8, 4) is 5.75 Å². The second-order valence-electron chi connectivity index (χ2n) is 11.3. The zero-order chi connectivity index (χ0) is 29.8. The third-order valence-electron chi connectivity index (χ3n) is 7.81. The van der Waals surface area contributed by atoms with Crippen LogP contribution >= 0.6 is 10.6 Å². The Balaban J connectivity index is 2.33. The predicted molar refractivity (Wildman–Crippen MR) is 167 cm³/mol. The Kier molecular flexibility index (Phi) is 14.8. The van der Waals surface area contributed by atoms with Gasteiger partial charge in [0.1, 0.15) is 12.4 Å². The molecule has 40 heavy (non-hydrogen) atoms. The molecule has 0 saturated heterocycles. The van der Waals surface area contributed by atoms with E-state index < -0.39 is 28.0 Å². The van der Waals surface area contributed by atoms with Gasteiger partial charge in [-0.1, -0.05) is 58.6 Å². The largest absolute Gasteiger partial charge is 0.489 e. The average molecular weight is 585 g/mol. The molecule has 0 saturated carbocycles. The SMILES string of the molecule is C=C(C)[C@H]1c2cc(N(C)C)c(OCCOCCOCCNCC)cc2S(O)(O)CC(CCCC)(CCCC)C1O. The van der Waals surface area contributed by atoms with Gasteiger partial charge in [-0.2, -0.15) is 10.6 Å². The van der Waals surface area contributed by atoms with E-state index in [0.29, 0.717) is 43.7 Å². The minimum Gasteiger partial charge on any atom is -0.489 e. The van der Waals surface area contributed by atoms with Gasteiger partial charge in [0.25, 0.3) is 0 Å². The molecule has 0 aromatic heterocycles. The van der Waals surface area contributed by atoms with E-state index in [2.05, 4.69) is 32.7 Å². The smallest absolute Gasteiger partial charge is 0.144 e. The van der Waals surface area contributed by atoms with Crippen molar-refractivity contribution in [2.75, 3.05) is 70.9 Å². The zero-order valence-corrected chi connectivity index (χ0v) is 26.7. The lowest BCUT2D eigenvalue weighted by molar-refractivity contribution is 0.0112. The van der Waals surface area contributed by atoms with Crippen molar-refractivity contribution in [1.29, 1.82) is 0 Å². The van der Waals surface area contributed by atoms with Gasteiger partial charge in [-0.3, -0.25) is 9.11 Å². The first-order valence-corrected chi connectivity index (χ1v) is 16.7. The summed E-state index contributed by atoms with van der Waals surface area (Å²) in [7, 11) is 0.652. The van der Waals surface area contributed by atoms with E-state index in [-0.39, 0.29) is 5.75 Å². The molecule has 0 radical (unpaired) electrons. The van der Waals surface area contributed by atoms with Gasteiger partial charge in [0.15, 0.2) is 0 Å². The lowest BCUT2D eigenvalue weighted by atomic mass is 9.68. The molecule has 1 aliphatic heterocycles. The molecule has 0 fully saturated rings. The topological polar surface area (TPSA) is 104 Å². The van der Waals surface area contributed by atoms with Crippen LogP contribution in [0.1, 0.15) is 77.7 Å². The maximum absolute atomic E-state index is 12.0. The highest BCUT2D eigenvalue weighted by Gasteiger charge is 2.49. The third-order valence-corrected chi connectivity index (χ3v) is 9.85. The Hall–Kier alpha value is -1.33. The van der Waals surface area contributed by atoms with Crippen LogP contribution in [-0.4, -0.2) is 86.3 Å². The lowest BCUT2D eigenvalue weighted by Crippen LogP contribution is -2.42. The summed E-state index contributed by atoms with van der Waals surface area (Å²) >= 11 is 0. The van der Waals surface area contributed by atoms with E-state index >= 15 is 0 Å². The summed E-state index contributed by atoms with van der Waals surface area (Å²) < 4.78 is 40.9. The zero-order valence-electron chi connectivity index (χ0n) is 25.8. The first kappa shape index (κ1) is 34.9. The van der Waals surface area contributed by atoms with Crippen molar-refractivity contribution in [3.63, 3.8) is 0 Å². The lowest BCUT2D eigenvalue weighted by Gasteiger charge is -2.44. The maximum atomic E-state index is 12.0. The van der Waals surface area contributed by atoms with Gasteiger partial charge in [-0.05, 0) is 37.9 Å². The average Bonchev–Trinajstić information content (AvgIpc) is 2.97. The summed E-state index contributed by atoms with van der Waals surface area (Å²) in [5, 5.41) is 15.2. The van der Waals surface area contributed by atoms with Gasteiger partial charge in [-0.25, -0.2) is 0 Å². The van der Waals surface area contributed by atoms with E-state index in [0.717, 1.165) is 68.4 Å². The predicted octanol–water partition coefficient (Wildman–Crippen LogP) is 6.28. The number of hydrogen-bond donors (Lipinski definition) is 4. The standard InChI is InChI=1S/C31H56N2O6S/c1-8-11-13-31(14-12-9-2)23-40(35,36)28-22-27(39-20-19-38-18-17-37-16-15-32-10-3)26(33(6)7)21-25(28)29(24(4)5)30(31)34/h21-22,29-30,32,34-36H,4,8-20,23H2,1-3,5-7H3/t29-,30?/m0/s1. The Labute approximate surface area is 244 Å². The number of ether oxygens (including phenoxy) is 3. The van der Waals surface area contributed by atoms with Crippen molar-refractivity contribution in [1.82, 2.24) is 5.32 Å². The van der Waals surface area contributed by atoms with Gasteiger partial charge in [-0.15, -0.1) is 0 Å². The molecule has 1 unspecified atom stereocenters. The molecule has 0 bridgehead atoms. The van der Waals surface area contributed by atoms with Crippen LogP contribution in [0.4, 0.5) is 5.69 Å². The van der Waals surface area contributed by atoms with Crippen LogP contribution in [0.25, 0.3) is 0 Å². The molecule has 0 aliphatic carbocycles. The van der Waals surface area contributed by atoms with Gasteiger partial charge in [0.2, 0.25) is 0 Å². The van der Waals surface area contributed by atoms with E-state index in [9.17, 15) is 14.2 Å². The highest BCUT2D eigenvalue weighted by Crippen LogP contribution is 2.63. The summed E-state index contributed by atoms with van der Waals surface area (Å²) in [5.74, 6) is 0.315. The van der Waals surface area contributed by atoms with Crippen molar-refractivity contribution in [3.05, 3.63) is 29.8 Å². The second kappa shape index (κ2) is 16.9. The van der Waals surface area contributed by atoms with Gasteiger partial charge in [0.05, 0.1) is 48.9 Å². The van der Waals surface area contributed by atoms with Crippen molar-refractivity contribution < 1.29 is 28.4 Å². The normalized spacial score (nSPS) is 20.4. The Morgan fingerprint density at radius 1 is 1.02 bits per heavy atom. The molecule has 1 aromatic carbocycles. The molecule has 9 heteroatoms. The number of hydrogen-bond acceptors (Lipinski definition) is 8. The van der Waals surface area contributed by atoms with Gasteiger partial charge >= 0.3 is 0 Å². The molecule has 232 valence electrons. The molecule has 2 atom stereocenters. The Bertz CT molecular complexity index is 902. The number of aliphatic hydroxyl groups excluding tert-OH is 1. The quantitative estimate of drug-likeness (QED) is 0.111. The van der Waals surface area contributed by atoms with E-state index in [1.54, 1.807) is 6.07 Å². The summed E-state index contributed by atoms with van der Waals surface area (Å²) in [6.07, 6.45) is 4.55. The van der Waals surface area contributed by atoms with E-state index in [1.165, 1.54) is 0 Å². The molecular weight excluding hydrogens is 528 g/mol. The fourth-order valence-corrected chi connectivity index (χ4v) is 7.93. The number of likely N-dealkylation sites (N-methyl/N-ethyl adjacent to an activating group) is 1. The third kappa shape index (κ3) is 9.34. The molecular formula is C31H56N2O6S. The maximum Gasteiger partial charge on any atom is 0.144 e. The number of aliphatic hydroxyl groups is 1. The van der Waals surface area contributed by atoms with Crippen LogP contribution in [0.5, 0.6) is 5.75 Å². The van der Waals surface area contributed by atoms with Gasteiger partial charge in [0, 0.05) is 38.0 Å². The van der Waals surface area contributed by atoms with Crippen LogP contribution in [-0.2, 0) is 9.47 Å². The first-order chi connectivity index (χ1) is 19.0. The molecule has 2 rings (SSSR count). The molecule has 1 aromatic rings. The second-order valence-corrected chi connectivity index (χ2v) is 13.4. The number of anilines is 1. The summed E-state index contributed by atoms with van der Waals surface area (Å²) in [4.78, 5) is 2.42. The highest BCUT2D eigenvalue weighted by atomic mass is 32.3. The van der Waals surface area contributed by atoms with Crippen molar-refractivity contribution >= 4 is 16.3 Å². The molecule has 0 amide bonds. The number of rotatable bonds is 19. The number of fused-ring (bicyclic) bond motifs is 1. The molecule has 1 heterocycles. The van der Waals surface area contributed by atoms with Crippen LogP contribution in [0.15, 0.2) is 29.2 Å². The van der Waals surface area contributed by atoms with Crippen molar-refractivity contribution in [2.45, 2.75) is 83.1 Å². The Morgan fingerprint density at radius 3 is 2.17 bits per heavy atom. The molecule has 8 nitrogen and oxygen atoms in total. The van der Waals surface area contributed by atoms with E-state index in [1.807, 2.05) is 32.0 Å². The van der Waals surface area contributed by atoms with E-state index in [4.69, 9.17) is 14.2 Å². The van der Waals surface area contributed by atoms with Crippen molar-refractivity contribution in [2.24, 2.45) is 5.41 Å². The van der Waals surface area contributed by atoms with Crippen LogP contribution in [0.3, 0.4) is 0 Å². The number of unbranched alkanes of at least 4 members (excludes halogenated alkanes) is 2. The minimum absolute atomic E-state index is 0.148. The molecule has 0 spiro atoms. The summed E-state index contributed by atoms with van der Waals surface area (Å²) in [6, 6.07) is 3.73. The molecule has 1 aliphatic rings. The van der Waals surface area contributed by atoms with Crippen LogP contribution in [0.2, 0.25) is 0 Å². The molecule has 4 N–H and O–H groups in total. The Morgan fingerprint density at radius 2 is 1.62 bits per heavy atom. The summed E-state index contributed by atoms with van der Waals surface area (Å²) in [5.41, 5.74) is 1.77. The number of nitrogens with one attached hydrogen (secondary N) is 1. The first-order valence-electron chi connectivity index (χ1n) is 15.0. The van der Waals surface area contributed by atoms with Gasteiger partial charge < -0.3 is 29.5 Å². The fourth-order valence-electron chi connectivity index (χ4n) is 5.66.